The number of aliphatic hydroxyl groups excluding tert-OH is 1. The lowest BCUT2D eigenvalue weighted by molar-refractivity contribution is 0.168. The van der Waals surface area contributed by atoms with Crippen molar-refractivity contribution >= 4 is 0 Å². The van der Waals surface area contributed by atoms with E-state index in [1.165, 1.54) is 11.7 Å². The van der Waals surface area contributed by atoms with Crippen LogP contribution in [0.5, 0.6) is 11.5 Å². The van der Waals surface area contributed by atoms with Gasteiger partial charge in [-0.05, 0) is 36.8 Å². The minimum absolute atomic E-state index is 0.169. The molecule has 1 heterocycles. The van der Waals surface area contributed by atoms with Crippen molar-refractivity contribution in [2.75, 3.05) is 14.2 Å². The molecule has 0 aliphatic carbocycles. The van der Waals surface area contributed by atoms with Crippen LogP contribution in [0.1, 0.15) is 25.0 Å². The molecule has 112 valence electrons. The first kappa shape index (κ1) is 15.1. The molecule has 2 rings (SSSR count). The van der Waals surface area contributed by atoms with Gasteiger partial charge in [-0.2, -0.15) is 0 Å². The predicted molar refractivity (Wildman–Crippen MR) is 80.4 cm³/mol. The molecule has 0 saturated heterocycles. The first-order valence-corrected chi connectivity index (χ1v) is 6.74. The molecule has 5 nitrogen and oxygen atoms in total. The molecule has 0 spiro atoms. The molecule has 0 aliphatic rings. The number of methoxy groups -OCH3 is 2. The predicted octanol–water partition coefficient (Wildman–Crippen LogP) is 2.30. The highest BCUT2D eigenvalue weighted by Gasteiger charge is 2.16. The van der Waals surface area contributed by atoms with Crippen LogP contribution in [-0.2, 0) is 0 Å². The Morgan fingerprint density at radius 1 is 1.14 bits per heavy atom. The van der Waals surface area contributed by atoms with Crippen molar-refractivity contribution in [1.29, 1.82) is 0 Å². The third-order valence-corrected chi connectivity index (χ3v) is 3.38. The van der Waals surface area contributed by atoms with E-state index in [1.54, 1.807) is 43.6 Å². The lowest BCUT2D eigenvalue weighted by Gasteiger charge is -2.15. The van der Waals surface area contributed by atoms with Crippen LogP contribution in [0.4, 0.5) is 0 Å². The van der Waals surface area contributed by atoms with Crippen molar-refractivity contribution in [3.05, 3.63) is 52.4 Å². The van der Waals surface area contributed by atoms with Crippen LogP contribution in [0.15, 0.2) is 41.3 Å². The largest absolute Gasteiger partial charge is 0.497 e. The highest BCUT2D eigenvalue weighted by Crippen LogP contribution is 2.24. The SMILES string of the molecule is CCC(O)c1ccn(-c2ccc(OC)cc2)c(=O)c1OC. The van der Waals surface area contributed by atoms with E-state index in [4.69, 9.17) is 9.47 Å². The Morgan fingerprint density at radius 2 is 1.81 bits per heavy atom. The first-order chi connectivity index (χ1) is 10.1. The molecule has 1 aromatic carbocycles. The molecule has 0 fully saturated rings. The summed E-state index contributed by atoms with van der Waals surface area (Å²) in [7, 11) is 3.02. The molecular weight excluding hydrogens is 270 g/mol. The number of hydrogen-bond donors (Lipinski definition) is 1. The molecule has 2 aromatic rings. The molecule has 5 heteroatoms. The van der Waals surface area contributed by atoms with Crippen molar-refractivity contribution in [3.8, 4) is 17.2 Å². The van der Waals surface area contributed by atoms with E-state index in [0.29, 0.717) is 17.7 Å². The highest BCUT2D eigenvalue weighted by molar-refractivity contribution is 5.41. The van der Waals surface area contributed by atoms with Crippen molar-refractivity contribution in [2.45, 2.75) is 19.4 Å². The van der Waals surface area contributed by atoms with Crippen LogP contribution < -0.4 is 15.0 Å². The fraction of sp³-hybridized carbons (Fsp3) is 0.312. The molecule has 0 aliphatic heterocycles. The first-order valence-electron chi connectivity index (χ1n) is 6.74. The van der Waals surface area contributed by atoms with Gasteiger partial charge in [0.2, 0.25) is 0 Å². The number of pyridine rings is 1. The maximum atomic E-state index is 12.5. The van der Waals surface area contributed by atoms with E-state index >= 15 is 0 Å². The van der Waals surface area contributed by atoms with E-state index in [0.717, 1.165) is 5.75 Å². The van der Waals surface area contributed by atoms with Gasteiger partial charge in [0, 0.05) is 17.4 Å². The topological polar surface area (TPSA) is 60.7 Å². The summed E-state index contributed by atoms with van der Waals surface area (Å²) in [6.45, 7) is 1.85. The Balaban J connectivity index is 2.52. The minimum Gasteiger partial charge on any atom is -0.497 e. The van der Waals surface area contributed by atoms with E-state index in [2.05, 4.69) is 0 Å². The van der Waals surface area contributed by atoms with Crippen molar-refractivity contribution in [1.82, 2.24) is 4.57 Å². The summed E-state index contributed by atoms with van der Waals surface area (Å²) in [6, 6.07) is 8.84. The van der Waals surface area contributed by atoms with Crippen LogP contribution in [-0.4, -0.2) is 23.9 Å². The Labute approximate surface area is 123 Å². The summed E-state index contributed by atoms with van der Waals surface area (Å²) < 4.78 is 11.8. The number of ether oxygens (including phenoxy) is 2. The van der Waals surface area contributed by atoms with Gasteiger partial charge in [-0.3, -0.25) is 9.36 Å². The smallest absolute Gasteiger partial charge is 0.297 e. The van der Waals surface area contributed by atoms with Crippen LogP contribution in [0.2, 0.25) is 0 Å². The Hall–Kier alpha value is -2.27. The van der Waals surface area contributed by atoms with Gasteiger partial charge < -0.3 is 14.6 Å². The maximum Gasteiger partial charge on any atom is 0.297 e. The Morgan fingerprint density at radius 3 is 2.33 bits per heavy atom. The Kier molecular flexibility index (Phi) is 4.65. The fourth-order valence-electron chi connectivity index (χ4n) is 2.16. The lowest BCUT2D eigenvalue weighted by Crippen LogP contribution is -2.21. The zero-order chi connectivity index (χ0) is 15.4. The minimum atomic E-state index is -0.710. The van der Waals surface area contributed by atoms with Gasteiger partial charge >= 0.3 is 0 Å². The fourth-order valence-corrected chi connectivity index (χ4v) is 2.16. The number of rotatable bonds is 5. The number of nitrogens with zero attached hydrogens (tertiary/aromatic N) is 1. The van der Waals surface area contributed by atoms with Crippen LogP contribution >= 0.6 is 0 Å². The van der Waals surface area contributed by atoms with Gasteiger partial charge in [0.05, 0.1) is 20.3 Å². The van der Waals surface area contributed by atoms with Gasteiger partial charge in [-0.1, -0.05) is 6.92 Å². The summed E-state index contributed by atoms with van der Waals surface area (Å²) in [4.78, 5) is 12.5. The average molecular weight is 289 g/mol. The summed E-state index contributed by atoms with van der Waals surface area (Å²) in [5.74, 6) is 0.888. The Bertz CT molecular complexity index is 661. The molecule has 21 heavy (non-hydrogen) atoms. The standard InChI is InChI=1S/C16H19NO4/c1-4-14(18)13-9-10-17(16(19)15(13)21-3)11-5-7-12(20-2)8-6-11/h5-10,14,18H,4H2,1-3H3. The summed E-state index contributed by atoms with van der Waals surface area (Å²) in [6.07, 6.45) is 1.45. The summed E-state index contributed by atoms with van der Waals surface area (Å²) >= 11 is 0. The van der Waals surface area contributed by atoms with Crippen molar-refractivity contribution in [2.24, 2.45) is 0 Å². The molecular formula is C16H19NO4. The molecule has 0 amide bonds. The molecule has 0 bridgehead atoms. The third kappa shape index (κ3) is 2.92. The van der Waals surface area contributed by atoms with Gasteiger partial charge in [-0.25, -0.2) is 0 Å². The highest BCUT2D eigenvalue weighted by atomic mass is 16.5. The van der Waals surface area contributed by atoms with Gasteiger partial charge in [-0.15, -0.1) is 0 Å². The van der Waals surface area contributed by atoms with Crippen molar-refractivity contribution in [3.63, 3.8) is 0 Å². The molecule has 1 atom stereocenters. The molecule has 1 aromatic heterocycles. The second-order valence-electron chi connectivity index (χ2n) is 4.60. The third-order valence-electron chi connectivity index (χ3n) is 3.38. The van der Waals surface area contributed by atoms with Gasteiger partial charge in [0.1, 0.15) is 5.75 Å². The maximum absolute atomic E-state index is 12.5. The van der Waals surface area contributed by atoms with Crippen molar-refractivity contribution < 1.29 is 14.6 Å². The second-order valence-corrected chi connectivity index (χ2v) is 4.60. The van der Waals surface area contributed by atoms with E-state index in [1.807, 2.05) is 6.92 Å². The quantitative estimate of drug-likeness (QED) is 0.917. The van der Waals surface area contributed by atoms with E-state index in [-0.39, 0.29) is 11.3 Å². The molecule has 1 unspecified atom stereocenters. The van der Waals surface area contributed by atoms with Gasteiger partial charge in [0.25, 0.3) is 5.56 Å². The summed E-state index contributed by atoms with van der Waals surface area (Å²) in [5, 5.41) is 9.95. The van der Waals surface area contributed by atoms with Crippen LogP contribution in [0, 0.1) is 0 Å². The van der Waals surface area contributed by atoms with E-state index in [9.17, 15) is 9.90 Å². The van der Waals surface area contributed by atoms with Crippen LogP contribution in [0.3, 0.4) is 0 Å². The van der Waals surface area contributed by atoms with E-state index < -0.39 is 6.10 Å². The molecule has 0 saturated carbocycles. The number of hydrogen-bond acceptors (Lipinski definition) is 4. The van der Waals surface area contributed by atoms with Gasteiger partial charge in [0.15, 0.2) is 5.75 Å². The number of aliphatic hydroxyl groups is 1. The lowest BCUT2D eigenvalue weighted by atomic mass is 10.1. The van der Waals surface area contributed by atoms with Crippen LogP contribution in [0.25, 0.3) is 5.69 Å². The summed E-state index contributed by atoms with van der Waals surface area (Å²) in [5.41, 5.74) is 0.916. The average Bonchev–Trinajstić information content (AvgIpc) is 2.54. The molecule has 0 radical (unpaired) electrons. The number of aromatic nitrogens is 1. The zero-order valence-corrected chi connectivity index (χ0v) is 12.4. The second kappa shape index (κ2) is 6.45. The number of benzene rings is 1. The monoisotopic (exact) mass is 289 g/mol. The zero-order valence-electron chi connectivity index (χ0n) is 12.4. The normalized spacial score (nSPS) is 12.0. The molecule has 1 N–H and O–H groups in total.